The van der Waals surface area contributed by atoms with Gasteiger partial charge in [-0.05, 0) is 12.1 Å². The van der Waals surface area contributed by atoms with Crippen LogP contribution in [-0.2, 0) is 9.47 Å². The van der Waals surface area contributed by atoms with E-state index in [4.69, 9.17) is 31.9 Å². The minimum atomic E-state index is -1.10. The lowest BCUT2D eigenvalue weighted by Crippen LogP contribution is -2.27. The highest BCUT2D eigenvalue weighted by Crippen LogP contribution is 2.29. The maximum Gasteiger partial charge on any atom is 0.337 e. The second-order valence-corrected chi connectivity index (χ2v) is 4.33. The molecular formula is C12H17ClN2O4. The number of nitrogens with two attached hydrogens (primary N) is 1. The molecule has 1 aromatic carbocycles. The van der Waals surface area contributed by atoms with E-state index in [1.165, 1.54) is 12.1 Å². The van der Waals surface area contributed by atoms with Gasteiger partial charge >= 0.3 is 5.97 Å². The molecule has 4 N–H and O–H groups in total. The van der Waals surface area contributed by atoms with Crippen LogP contribution >= 0.6 is 11.6 Å². The number of hydrogen-bond donors (Lipinski definition) is 3. The summed E-state index contributed by atoms with van der Waals surface area (Å²) >= 11 is 6.00. The van der Waals surface area contributed by atoms with Crippen molar-refractivity contribution in [3.05, 3.63) is 22.7 Å². The first-order valence-corrected chi connectivity index (χ1v) is 5.95. The molecule has 1 rings (SSSR count). The molecule has 0 radical (unpaired) electrons. The lowest BCUT2D eigenvalue weighted by molar-refractivity contribution is 0.0365. The highest BCUT2D eigenvalue weighted by molar-refractivity contribution is 6.34. The van der Waals surface area contributed by atoms with Gasteiger partial charge in [0.1, 0.15) is 0 Å². The summed E-state index contributed by atoms with van der Waals surface area (Å²) in [6.07, 6.45) is -0.208. The molecule has 19 heavy (non-hydrogen) atoms. The number of carboxylic acid groups (broad SMARTS) is 1. The summed E-state index contributed by atoms with van der Waals surface area (Å²) in [6.45, 7) is 0.757. The molecule has 0 aliphatic rings. The topological polar surface area (TPSA) is 93.8 Å². The van der Waals surface area contributed by atoms with Crippen LogP contribution in [-0.4, -0.2) is 44.6 Å². The summed E-state index contributed by atoms with van der Waals surface area (Å²) in [5.41, 5.74) is 6.22. The molecule has 0 fully saturated rings. The number of halogens is 1. The Morgan fingerprint density at radius 3 is 2.74 bits per heavy atom. The molecule has 1 aromatic rings. The van der Waals surface area contributed by atoms with E-state index in [0.717, 1.165) is 0 Å². The number of benzene rings is 1. The van der Waals surface area contributed by atoms with Crippen LogP contribution in [0.5, 0.6) is 0 Å². The number of methoxy groups -OCH3 is 2. The largest absolute Gasteiger partial charge is 0.478 e. The van der Waals surface area contributed by atoms with Crippen LogP contribution in [0, 0.1) is 0 Å². The zero-order valence-corrected chi connectivity index (χ0v) is 11.5. The fourth-order valence-electron chi connectivity index (χ4n) is 1.59. The van der Waals surface area contributed by atoms with E-state index < -0.39 is 5.97 Å². The fourth-order valence-corrected chi connectivity index (χ4v) is 1.88. The molecule has 0 aliphatic carbocycles. The molecule has 106 valence electrons. The first-order valence-electron chi connectivity index (χ1n) is 5.57. The minimum Gasteiger partial charge on any atom is -0.478 e. The van der Waals surface area contributed by atoms with Crippen molar-refractivity contribution in [3.63, 3.8) is 0 Å². The normalized spacial score (nSPS) is 12.2. The Bertz CT molecular complexity index is 454. The third-order valence-corrected chi connectivity index (χ3v) is 2.83. The van der Waals surface area contributed by atoms with Gasteiger partial charge in [-0.1, -0.05) is 11.6 Å². The molecule has 1 unspecified atom stereocenters. The summed E-state index contributed by atoms with van der Waals surface area (Å²) < 4.78 is 10.1. The highest BCUT2D eigenvalue weighted by atomic mass is 35.5. The van der Waals surface area contributed by atoms with Gasteiger partial charge in [0.2, 0.25) is 0 Å². The van der Waals surface area contributed by atoms with E-state index in [1.54, 1.807) is 14.2 Å². The molecule has 6 nitrogen and oxygen atoms in total. The number of rotatable bonds is 7. The van der Waals surface area contributed by atoms with Crippen LogP contribution < -0.4 is 11.1 Å². The van der Waals surface area contributed by atoms with Crippen LogP contribution in [0.3, 0.4) is 0 Å². The molecule has 0 bridgehead atoms. The van der Waals surface area contributed by atoms with Crippen LogP contribution in [0.1, 0.15) is 10.4 Å². The maximum absolute atomic E-state index is 11.2. The van der Waals surface area contributed by atoms with Gasteiger partial charge in [0, 0.05) is 26.5 Å². The summed E-state index contributed by atoms with van der Waals surface area (Å²) in [7, 11) is 3.11. The van der Waals surface area contributed by atoms with E-state index in [-0.39, 0.29) is 16.7 Å². The van der Waals surface area contributed by atoms with Crippen molar-refractivity contribution in [2.45, 2.75) is 6.10 Å². The summed E-state index contributed by atoms with van der Waals surface area (Å²) in [6, 6.07) is 2.85. The SMILES string of the molecule is COCC(CNc1c(Cl)cc(N)cc1C(=O)O)OC. The zero-order chi connectivity index (χ0) is 14.4. The van der Waals surface area contributed by atoms with Crippen molar-refractivity contribution >= 4 is 28.9 Å². The summed E-state index contributed by atoms with van der Waals surface area (Å²) in [4.78, 5) is 11.2. The number of aromatic carboxylic acids is 1. The molecule has 0 saturated carbocycles. The van der Waals surface area contributed by atoms with Crippen LogP contribution in [0.4, 0.5) is 11.4 Å². The lowest BCUT2D eigenvalue weighted by atomic mass is 10.1. The second-order valence-electron chi connectivity index (χ2n) is 3.92. The van der Waals surface area contributed by atoms with Gasteiger partial charge in [-0.3, -0.25) is 0 Å². The fraction of sp³-hybridized carbons (Fsp3) is 0.417. The summed E-state index contributed by atoms with van der Waals surface area (Å²) in [5.74, 6) is -1.10. The van der Waals surface area contributed by atoms with E-state index in [0.29, 0.717) is 24.5 Å². The Morgan fingerprint density at radius 2 is 2.21 bits per heavy atom. The Balaban J connectivity index is 2.90. The lowest BCUT2D eigenvalue weighted by Gasteiger charge is -2.18. The monoisotopic (exact) mass is 288 g/mol. The first-order chi connectivity index (χ1) is 8.99. The second kappa shape index (κ2) is 7.18. The molecular weight excluding hydrogens is 272 g/mol. The summed E-state index contributed by atoms with van der Waals surface area (Å²) in [5, 5.41) is 12.3. The van der Waals surface area contributed by atoms with Crippen molar-refractivity contribution in [1.29, 1.82) is 0 Å². The predicted molar refractivity (Wildman–Crippen MR) is 74.0 cm³/mol. The molecule has 0 amide bonds. The molecule has 0 aromatic heterocycles. The average Bonchev–Trinajstić information content (AvgIpc) is 2.35. The third-order valence-electron chi connectivity index (χ3n) is 2.54. The van der Waals surface area contributed by atoms with E-state index >= 15 is 0 Å². The Labute approximate surface area is 116 Å². The van der Waals surface area contributed by atoms with Crippen molar-refractivity contribution in [2.75, 3.05) is 38.4 Å². The number of nitrogens with one attached hydrogen (secondary N) is 1. The van der Waals surface area contributed by atoms with E-state index in [1.807, 2.05) is 0 Å². The number of carbonyl (C=O) groups is 1. The van der Waals surface area contributed by atoms with Crippen LogP contribution in [0.15, 0.2) is 12.1 Å². The van der Waals surface area contributed by atoms with Crippen molar-refractivity contribution in [1.82, 2.24) is 0 Å². The minimum absolute atomic E-state index is 0.0252. The van der Waals surface area contributed by atoms with Gasteiger partial charge < -0.3 is 25.6 Å². The zero-order valence-electron chi connectivity index (χ0n) is 10.8. The van der Waals surface area contributed by atoms with Gasteiger partial charge in [0.05, 0.1) is 29.0 Å². The molecule has 0 aliphatic heterocycles. The number of hydrogen-bond acceptors (Lipinski definition) is 5. The van der Waals surface area contributed by atoms with Crippen LogP contribution in [0.25, 0.3) is 0 Å². The van der Waals surface area contributed by atoms with Gasteiger partial charge in [-0.2, -0.15) is 0 Å². The van der Waals surface area contributed by atoms with Crippen LogP contribution in [0.2, 0.25) is 5.02 Å². The number of carboxylic acids is 1. The molecule has 7 heteroatoms. The highest BCUT2D eigenvalue weighted by Gasteiger charge is 2.16. The van der Waals surface area contributed by atoms with Gasteiger partial charge in [-0.15, -0.1) is 0 Å². The third kappa shape index (κ3) is 4.27. The van der Waals surface area contributed by atoms with Crippen molar-refractivity contribution in [2.24, 2.45) is 0 Å². The van der Waals surface area contributed by atoms with Gasteiger partial charge in [0.15, 0.2) is 0 Å². The molecule has 0 saturated heterocycles. The Hall–Kier alpha value is -1.50. The Kier molecular flexibility index (Phi) is 5.88. The van der Waals surface area contributed by atoms with E-state index in [2.05, 4.69) is 5.32 Å². The van der Waals surface area contributed by atoms with Crippen molar-refractivity contribution < 1.29 is 19.4 Å². The number of nitrogen functional groups attached to an aromatic ring is 1. The number of anilines is 2. The van der Waals surface area contributed by atoms with Gasteiger partial charge in [-0.25, -0.2) is 4.79 Å². The van der Waals surface area contributed by atoms with Crippen molar-refractivity contribution in [3.8, 4) is 0 Å². The average molecular weight is 289 g/mol. The quantitative estimate of drug-likeness (QED) is 0.661. The maximum atomic E-state index is 11.2. The molecule has 0 heterocycles. The number of ether oxygens (including phenoxy) is 2. The molecule has 0 spiro atoms. The first kappa shape index (κ1) is 15.6. The Morgan fingerprint density at radius 1 is 1.53 bits per heavy atom. The van der Waals surface area contributed by atoms with E-state index in [9.17, 15) is 4.79 Å². The smallest absolute Gasteiger partial charge is 0.337 e. The molecule has 1 atom stereocenters. The predicted octanol–water partition coefficient (Wildman–Crippen LogP) is 1.69. The standard InChI is InChI=1S/C12H17ClN2O4/c1-18-6-8(19-2)5-15-11-9(12(16)17)3-7(14)4-10(11)13/h3-4,8,15H,5-6,14H2,1-2H3,(H,16,17). The van der Waals surface area contributed by atoms with Gasteiger partial charge in [0.25, 0.3) is 0 Å².